The topological polar surface area (TPSA) is 49.8 Å². The Hall–Kier alpha value is -3.37. The van der Waals surface area contributed by atoms with Crippen molar-refractivity contribution in [3.8, 4) is 22.6 Å². The molecule has 1 aliphatic rings. The summed E-state index contributed by atoms with van der Waals surface area (Å²) in [6.07, 6.45) is 3.96. The van der Waals surface area contributed by atoms with Crippen molar-refractivity contribution in [2.75, 3.05) is 13.6 Å². The highest BCUT2D eigenvalue weighted by Crippen LogP contribution is 2.42. The molecule has 0 radical (unpaired) electrons. The summed E-state index contributed by atoms with van der Waals surface area (Å²) < 4.78 is 6.06. The van der Waals surface area contributed by atoms with Crippen LogP contribution in [-0.4, -0.2) is 29.4 Å². The maximum absolute atomic E-state index is 13.1. The average molecular weight is 428 g/mol. The number of fused-ring (bicyclic) bond motifs is 1. The zero-order chi connectivity index (χ0) is 22.7. The summed E-state index contributed by atoms with van der Waals surface area (Å²) in [5.41, 5.74) is 5.10. The van der Waals surface area contributed by atoms with Gasteiger partial charge < -0.3 is 14.7 Å². The lowest BCUT2D eigenvalue weighted by molar-refractivity contribution is 0.101. The van der Waals surface area contributed by atoms with Crippen molar-refractivity contribution in [3.63, 3.8) is 0 Å². The van der Waals surface area contributed by atoms with Gasteiger partial charge in [-0.05, 0) is 61.3 Å². The number of phenols is 1. The Balaban J connectivity index is 1.61. The van der Waals surface area contributed by atoms with Crippen LogP contribution in [0.3, 0.4) is 0 Å². The fraction of sp³-hybridized carbons (Fsp3) is 0.250. The van der Waals surface area contributed by atoms with E-state index in [1.54, 1.807) is 12.1 Å². The Bertz CT molecular complexity index is 1150. The molecule has 0 atom stereocenters. The second-order valence-corrected chi connectivity index (χ2v) is 8.41. The summed E-state index contributed by atoms with van der Waals surface area (Å²) in [5.74, 6) is 0.814. The monoisotopic (exact) mass is 427 g/mol. The van der Waals surface area contributed by atoms with Crippen molar-refractivity contribution < 1.29 is 14.6 Å². The molecule has 1 N–H and O–H groups in total. The van der Waals surface area contributed by atoms with Crippen molar-refractivity contribution >= 4 is 11.9 Å². The summed E-state index contributed by atoms with van der Waals surface area (Å²) in [6.45, 7) is 5.44. The van der Waals surface area contributed by atoms with Gasteiger partial charge in [0.2, 0.25) is 5.78 Å². The van der Waals surface area contributed by atoms with E-state index >= 15 is 0 Å². The highest BCUT2D eigenvalue weighted by Gasteiger charge is 2.33. The number of allylic oxidation sites excluding steroid dienone is 1. The number of phenolic OH excluding ortho intramolecular Hbond substituents is 1. The molecule has 4 heteroatoms. The lowest BCUT2D eigenvalue weighted by Crippen LogP contribution is -2.19. The van der Waals surface area contributed by atoms with Crippen LogP contribution in [0.1, 0.15) is 46.8 Å². The number of ether oxygens (including phenoxy) is 1. The summed E-state index contributed by atoms with van der Waals surface area (Å²) in [4.78, 5) is 15.3. The number of benzene rings is 3. The van der Waals surface area contributed by atoms with Crippen LogP contribution in [0.15, 0.2) is 66.4 Å². The number of hydrogen-bond donors (Lipinski definition) is 1. The SMILES string of the molecule is CCCCN(C)Cc1c(O)cc(C)c2c1O/C(=C\c1ccc(-c3ccccc3)cc1)C2=O. The molecule has 3 aromatic carbocycles. The minimum Gasteiger partial charge on any atom is -0.507 e. The fourth-order valence-corrected chi connectivity index (χ4v) is 4.06. The van der Waals surface area contributed by atoms with Gasteiger partial charge >= 0.3 is 0 Å². The molecular weight excluding hydrogens is 398 g/mol. The molecule has 0 aromatic heterocycles. The van der Waals surface area contributed by atoms with Gasteiger partial charge in [0, 0.05) is 6.54 Å². The first kappa shape index (κ1) is 21.8. The number of hydrogen-bond acceptors (Lipinski definition) is 4. The lowest BCUT2D eigenvalue weighted by Gasteiger charge is -2.19. The van der Waals surface area contributed by atoms with Crippen LogP contribution in [0.4, 0.5) is 0 Å². The van der Waals surface area contributed by atoms with Gasteiger partial charge in [-0.2, -0.15) is 0 Å². The number of aryl methyl sites for hydroxylation is 1. The molecule has 1 heterocycles. The van der Waals surface area contributed by atoms with Crippen LogP contribution in [0.5, 0.6) is 11.5 Å². The minimum atomic E-state index is -0.137. The van der Waals surface area contributed by atoms with E-state index in [0.717, 1.165) is 41.6 Å². The molecule has 164 valence electrons. The summed E-state index contributed by atoms with van der Waals surface area (Å²) >= 11 is 0. The Morgan fingerprint density at radius 3 is 2.41 bits per heavy atom. The molecule has 0 saturated heterocycles. The number of carbonyl (C=O) groups excluding carboxylic acids is 1. The van der Waals surface area contributed by atoms with Crippen LogP contribution >= 0.6 is 0 Å². The van der Waals surface area contributed by atoms with Crippen LogP contribution in [0, 0.1) is 6.92 Å². The summed E-state index contributed by atoms with van der Waals surface area (Å²) in [6, 6.07) is 19.9. The van der Waals surface area contributed by atoms with Crippen molar-refractivity contribution in [2.24, 2.45) is 0 Å². The largest absolute Gasteiger partial charge is 0.507 e. The fourth-order valence-electron chi connectivity index (χ4n) is 4.06. The number of aromatic hydroxyl groups is 1. The molecular formula is C28H29NO3. The van der Waals surface area contributed by atoms with E-state index in [4.69, 9.17) is 4.74 Å². The molecule has 4 nitrogen and oxygen atoms in total. The molecule has 0 bridgehead atoms. The van der Waals surface area contributed by atoms with Crippen molar-refractivity contribution in [1.29, 1.82) is 0 Å². The van der Waals surface area contributed by atoms with E-state index in [1.165, 1.54) is 0 Å². The molecule has 0 spiro atoms. The van der Waals surface area contributed by atoms with E-state index in [9.17, 15) is 9.90 Å². The van der Waals surface area contributed by atoms with Crippen LogP contribution < -0.4 is 4.74 Å². The van der Waals surface area contributed by atoms with E-state index in [0.29, 0.717) is 29.2 Å². The Morgan fingerprint density at radius 2 is 1.72 bits per heavy atom. The van der Waals surface area contributed by atoms with Crippen LogP contribution in [-0.2, 0) is 6.54 Å². The highest BCUT2D eigenvalue weighted by molar-refractivity contribution is 6.15. The van der Waals surface area contributed by atoms with Gasteiger partial charge in [-0.3, -0.25) is 4.79 Å². The van der Waals surface area contributed by atoms with E-state index in [2.05, 4.69) is 24.0 Å². The maximum atomic E-state index is 13.1. The Kier molecular flexibility index (Phi) is 6.42. The number of carbonyl (C=O) groups is 1. The van der Waals surface area contributed by atoms with E-state index in [1.807, 2.05) is 56.4 Å². The molecule has 0 unspecified atom stereocenters. The normalized spacial score (nSPS) is 14.1. The first-order valence-corrected chi connectivity index (χ1v) is 11.1. The van der Waals surface area contributed by atoms with Gasteiger partial charge in [-0.15, -0.1) is 0 Å². The van der Waals surface area contributed by atoms with Gasteiger partial charge in [0.15, 0.2) is 5.76 Å². The van der Waals surface area contributed by atoms with E-state index < -0.39 is 0 Å². The van der Waals surface area contributed by atoms with Crippen molar-refractivity contribution in [1.82, 2.24) is 4.90 Å². The molecule has 32 heavy (non-hydrogen) atoms. The van der Waals surface area contributed by atoms with Crippen molar-refractivity contribution in [3.05, 3.63) is 88.7 Å². The number of rotatable bonds is 7. The van der Waals surface area contributed by atoms with Crippen molar-refractivity contribution in [2.45, 2.75) is 33.2 Å². The predicted molar refractivity (Wildman–Crippen MR) is 129 cm³/mol. The van der Waals surface area contributed by atoms with E-state index in [-0.39, 0.29) is 11.5 Å². The predicted octanol–water partition coefficient (Wildman–Crippen LogP) is 6.22. The molecule has 0 fully saturated rings. The molecule has 3 aromatic rings. The average Bonchev–Trinajstić information content (AvgIpc) is 3.12. The molecule has 0 saturated carbocycles. The lowest BCUT2D eigenvalue weighted by atomic mass is 9.99. The number of ketones is 1. The van der Waals surface area contributed by atoms with Gasteiger partial charge in [0.25, 0.3) is 0 Å². The third-order valence-electron chi connectivity index (χ3n) is 5.86. The summed E-state index contributed by atoms with van der Waals surface area (Å²) in [5, 5.41) is 10.6. The first-order chi connectivity index (χ1) is 15.5. The third-order valence-corrected chi connectivity index (χ3v) is 5.86. The van der Waals surface area contributed by atoms with Gasteiger partial charge in [0.05, 0.1) is 11.1 Å². The highest BCUT2D eigenvalue weighted by atomic mass is 16.5. The quantitative estimate of drug-likeness (QED) is 0.455. The Morgan fingerprint density at radius 1 is 1.03 bits per heavy atom. The number of Topliss-reactive ketones (excluding diaryl/α,β-unsaturated/α-hetero) is 1. The molecule has 0 amide bonds. The zero-order valence-corrected chi connectivity index (χ0v) is 18.9. The second kappa shape index (κ2) is 9.41. The maximum Gasteiger partial charge on any atom is 0.232 e. The van der Waals surface area contributed by atoms with Gasteiger partial charge in [-0.1, -0.05) is 67.9 Å². The standard InChI is InChI=1S/C28H29NO3/c1-4-5-15-29(3)18-23-24(30)16-19(2)26-27(31)25(32-28(23)26)17-20-11-13-22(14-12-20)21-9-7-6-8-10-21/h6-14,16-17,30H,4-5,15,18H2,1-3H3/b25-17-. The van der Waals surface area contributed by atoms with Crippen LogP contribution in [0.2, 0.25) is 0 Å². The minimum absolute atomic E-state index is 0.137. The second-order valence-electron chi connectivity index (χ2n) is 8.41. The molecule has 4 rings (SSSR count). The molecule has 0 aliphatic carbocycles. The van der Waals surface area contributed by atoms with Crippen LogP contribution in [0.25, 0.3) is 17.2 Å². The number of unbranched alkanes of at least 4 members (excludes halogenated alkanes) is 1. The zero-order valence-electron chi connectivity index (χ0n) is 18.9. The van der Waals surface area contributed by atoms with Gasteiger partial charge in [-0.25, -0.2) is 0 Å². The van der Waals surface area contributed by atoms with Gasteiger partial charge in [0.1, 0.15) is 11.5 Å². The third kappa shape index (κ3) is 4.46. The number of nitrogens with zero attached hydrogens (tertiary/aromatic N) is 1. The summed E-state index contributed by atoms with van der Waals surface area (Å²) in [7, 11) is 2.02. The molecule has 1 aliphatic heterocycles. The smallest absolute Gasteiger partial charge is 0.232 e. The first-order valence-electron chi connectivity index (χ1n) is 11.1. The Labute approximate surface area is 189 Å².